The molecule has 1 fully saturated rings. The van der Waals surface area contributed by atoms with Gasteiger partial charge in [0.2, 0.25) is 0 Å². The monoisotopic (exact) mass is 369 g/mol. The largest absolute Gasteiger partial charge is 0.444 e. The van der Waals surface area contributed by atoms with Crippen molar-refractivity contribution in [2.24, 2.45) is 4.99 Å². The zero-order chi connectivity index (χ0) is 19.7. The number of likely N-dealkylation sites (N-methyl/N-ethyl adjacent to an activating group) is 1. The number of aliphatic imine (C=N–C) groups is 1. The second-order valence-electron chi connectivity index (χ2n) is 8.04. The first-order valence-corrected chi connectivity index (χ1v) is 9.93. The molecule has 0 spiro atoms. The maximum absolute atomic E-state index is 12.0. The average molecular weight is 370 g/mol. The number of amides is 1. The van der Waals surface area contributed by atoms with Gasteiger partial charge < -0.3 is 20.3 Å². The number of nitrogens with zero attached hydrogens (tertiary/aromatic N) is 3. The lowest BCUT2D eigenvalue weighted by atomic mass is 10.2. The molecule has 0 aliphatic carbocycles. The van der Waals surface area contributed by atoms with E-state index in [0.29, 0.717) is 6.04 Å². The fourth-order valence-corrected chi connectivity index (χ4v) is 3.04. The molecule has 1 aliphatic rings. The molecule has 0 aromatic carbocycles. The third kappa shape index (κ3) is 8.25. The van der Waals surface area contributed by atoms with E-state index in [0.717, 1.165) is 51.6 Å². The first-order valence-electron chi connectivity index (χ1n) is 9.93. The van der Waals surface area contributed by atoms with Crippen molar-refractivity contribution in [3.05, 3.63) is 0 Å². The highest BCUT2D eigenvalue weighted by atomic mass is 16.6. The minimum atomic E-state index is -0.472. The fraction of sp³-hybridized carbons (Fsp3) is 0.895. The normalized spacial score (nSPS) is 18.6. The van der Waals surface area contributed by atoms with Crippen molar-refractivity contribution in [3.63, 3.8) is 0 Å². The summed E-state index contributed by atoms with van der Waals surface area (Å²) in [6, 6.07) is 0.628. The van der Waals surface area contributed by atoms with Crippen molar-refractivity contribution in [1.82, 2.24) is 20.4 Å². The zero-order valence-corrected chi connectivity index (χ0v) is 17.8. The third-order valence-electron chi connectivity index (χ3n) is 4.33. The van der Waals surface area contributed by atoms with Gasteiger partial charge in [0.05, 0.1) is 12.6 Å². The molecule has 7 nitrogen and oxygen atoms in total. The molecule has 0 saturated carbocycles. The fourth-order valence-electron chi connectivity index (χ4n) is 3.04. The Morgan fingerprint density at radius 3 is 2.58 bits per heavy atom. The van der Waals surface area contributed by atoms with Crippen LogP contribution in [-0.4, -0.2) is 78.8 Å². The number of carbonyl (C=O) groups is 1. The number of guanidine groups is 1. The molecule has 1 amide bonds. The molecule has 1 atom stereocenters. The molecule has 1 heterocycles. The Balaban J connectivity index is 2.55. The predicted octanol–water partition coefficient (Wildman–Crippen LogP) is 2.28. The number of alkyl carbamates (subject to hydrolysis) is 1. The van der Waals surface area contributed by atoms with E-state index in [4.69, 9.17) is 9.73 Å². The van der Waals surface area contributed by atoms with E-state index in [1.165, 1.54) is 0 Å². The molecule has 0 aromatic rings. The van der Waals surface area contributed by atoms with E-state index in [1.807, 2.05) is 20.8 Å². The van der Waals surface area contributed by atoms with E-state index < -0.39 is 5.60 Å². The van der Waals surface area contributed by atoms with Crippen LogP contribution in [0.3, 0.4) is 0 Å². The van der Waals surface area contributed by atoms with Crippen LogP contribution < -0.4 is 10.6 Å². The topological polar surface area (TPSA) is 69.2 Å². The molecule has 0 aromatic heterocycles. The van der Waals surface area contributed by atoms with E-state index in [-0.39, 0.29) is 12.1 Å². The first kappa shape index (κ1) is 22.5. The van der Waals surface area contributed by atoms with Crippen molar-refractivity contribution in [2.45, 2.75) is 72.6 Å². The van der Waals surface area contributed by atoms with Gasteiger partial charge in [-0.05, 0) is 54.5 Å². The van der Waals surface area contributed by atoms with Gasteiger partial charge in [-0.25, -0.2) is 4.79 Å². The van der Waals surface area contributed by atoms with Crippen molar-refractivity contribution in [1.29, 1.82) is 0 Å². The van der Waals surface area contributed by atoms with Gasteiger partial charge in [-0.2, -0.15) is 0 Å². The summed E-state index contributed by atoms with van der Waals surface area (Å²) in [5.74, 6) is 0.931. The SMILES string of the molecule is CCNC(=NCCN(CC)C(C)C)N1CCC(NC(=O)OC(C)(C)C)C1. The van der Waals surface area contributed by atoms with Crippen molar-refractivity contribution in [3.8, 4) is 0 Å². The van der Waals surface area contributed by atoms with Crippen LogP contribution in [0.5, 0.6) is 0 Å². The summed E-state index contributed by atoms with van der Waals surface area (Å²) in [6.07, 6.45) is 0.554. The number of likely N-dealkylation sites (tertiary alicyclic amines) is 1. The van der Waals surface area contributed by atoms with E-state index in [2.05, 4.69) is 48.1 Å². The summed E-state index contributed by atoms with van der Waals surface area (Å²) in [5.41, 5.74) is -0.472. The Morgan fingerprint density at radius 2 is 2.04 bits per heavy atom. The Morgan fingerprint density at radius 1 is 1.35 bits per heavy atom. The van der Waals surface area contributed by atoms with Crippen LogP contribution in [0.1, 0.15) is 54.9 Å². The Kier molecular flexibility index (Phi) is 9.19. The van der Waals surface area contributed by atoms with Crippen molar-refractivity contribution < 1.29 is 9.53 Å². The summed E-state index contributed by atoms with van der Waals surface area (Å²) in [5, 5.41) is 6.34. The molecular weight excluding hydrogens is 330 g/mol. The highest BCUT2D eigenvalue weighted by Gasteiger charge is 2.27. The summed E-state index contributed by atoms with van der Waals surface area (Å²) in [4.78, 5) is 21.4. The lowest BCUT2D eigenvalue weighted by Gasteiger charge is -2.25. The van der Waals surface area contributed by atoms with Crippen LogP contribution in [0.4, 0.5) is 4.79 Å². The van der Waals surface area contributed by atoms with Crippen LogP contribution >= 0.6 is 0 Å². The van der Waals surface area contributed by atoms with Gasteiger partial charge in [-0.15, -0.1) is 0 Å². The van der Waals surface area contributed by atoms with Gasteiger partial charge >= 0.3 is 6.09 Å². The van der Waals surface area contributed by atoms with Gasteiger partial charge in [0, 0.05) is 32.2 Å². The van der Waals surface area contributed by atoms with E-state index in [9.17, 15) is 4.79 Å². The van der Waals surface area contributed by atoms with Gasteiger partial charge in [-0.3, -0.25) is 9.89 Å². The first-order chi connectivity index (χ1) is 12.2. The number of hydrogen-bond acceptors (Lipinski definition) is 4. The van der Waals surface area contributed by atoms with Crippen LogP contribution in [0.25, 0.3) is 0 Å². The molecule has 152 valence electrons. The van der Waals surface area contributed by atoms with Gasteiger partial charge in [-0.1, -0.05) is 6.92 Å². The summed E-state index contributed by atoms with van der Waals surface area (Å²) in [7, 11) is 0. The quantitative estimate of drug-likeness (QED) is 0.532. The van der Waals surface area contributed by atoms with E-state index in [1.54, 1.807) is 0 Å². The number of rotatable bonds is 7. The second-order valence-corrected chi connectivity index (χ2v) is 8.04. The molecular formula is C19H39N5O2. The highest BCUT2D eigenvalue weighted by molar-refractivity contribution is 5.80. The predicted molar refractivity (Wildman–Crippen MR) is 108 cm³/mol. The lowest BCUT2D eigenvalue weighted by molar-refractivity contribution is 0.0507. The molecule has 0 bridgehead atoms. The molecule has 1 rings (SSSR count). The van der Waals surface area contributed by atoms with E-state index >= 15 is 0 Å². The average Bonchev–Trinajstić information content (AvgIpc) is 2.96. The molecule has 7 heteroatoms. The molecule has 0 radical (unpaired) electrons. The summed E-state index contributed by atoms with van der Waals surface area (Å²) < 4.78 is 5.35. The number of nitrogens with one attached hydrogen (secondary N) is 2. The molecule has 1 aliphatic heterocycles. The van der Waals surface area contributed by atoms with Crippen LogP contribution in [0.2, 0.25) is 0 Å². The Bertz CT molecular complexity index is 459. The lowest BCUT2D eigenvalue weighted by Crippen LogP contribution is -2.44. The van der Waals surface area contributed by atoms with Crippen molar-refractivity contribution in [2.75, 3.05) is 39.3 Å². The smallest absolute Gasteiger partial charge is 0.407 e. The van der Waals surface area contributed by atoms with Gasteiger partial charge in [0.1, 0.15) is 5.60 Å². The van der Waals surface area contributed by atoms with Crippen LogP contribution in [0, 0.1) is 0 Å². The highest BCUT2D eigenvalue weighted by Crippen LogP contribution is 2.12. The Hall–Kier alpha value is -1.50. The summed E-state index contributed by atoms with van der Waals surface area (Å²) in [6.45, 7) is 19.6. The van der Waals surface area contributed by atoms with Crippen molar-refractivity contribution >= 4 is 12.1 Å². The standard InChI is InChI=1S/C19H39N5O2/c1-8-20-17(21-11-13-23(9-2)15(3)4)24-12-10-16(14-24)22-18(25)26-19(5,6)7/h15-16H,8-14H2,1-7H3,(H,20,21)(H,22,25). The zero-order valence-electron chi connectivity index (χ0n) is 17.8. The minimum Gasteiger partial charge on any atom is -0.444 e. The molecule has 2 N–H and O–H groups in total. The number of carbonyl (C=O) groups excluding carboxylic acids is 1. The van der Waals surface area contributed by atoms with Gasteiger partial charge in [0.15, 0.2) is 5.96 Å². The number of ether oxygens (including phenoxy) is 1. The maximum atomic E-state index is 12.0. The minimum absolute atomic E-state index is 0.0940. The van der Waals surface area contributed by atoms with Crippen LogP contribution in [-0.2, 0) is 4.74 Å². The maximum Gasteiger partial charge on any atom is 0.407 e. The van der Waals surface area contributed by atoms with Crippen LogP contribution in [0.15, 0.2) is 4.99 Å². The molecule has 1 saturated heterocycles. The van der Waals surface area contributed by atoms with Gasteiger partial charge in [0.25, 0.3) is 0 Å². The second kappa shape index (κ2) is 10.6. The summed E-state index contributed by atoms with van der Waals surface area (Å²) >= 11 is 0. The molecule has 1 unspecified atom stereocenters. The third-order valence-corrected chi connectivity index (χ3v) is 4.33. The number of hydrogen-bond donors (Lipinski definition) is 2. The molecule has 26 heavy (non-hydrogen) atoms. The Labute approximate surface area is 159 Å².